The molecule has 92 valence electrons. The number of imidazole rings is 1. The standard InChI is InChI=1S/C13H19N3O/c1-2-13-15-11-5-3-4-6-12(11)16(13)9-10(14)7-8-17/h3-6,10,17H,2,7-9,14H2,1H3. The maximum absolute atomic E-state index is 8.90. The van der Waals surface area contributed by atoms with E-state index in [9.17, 15) is 0 Å². The molecule has 0 fully saturated rings. The summed E-state index contributed by atoms with van der Waals surface area (Å²) in [6, 6.07) is 8.06. The average Bonchev–Trinajstić information content (AvgIpc) is 2.68. The number of nitrogens with two attached hydrogens (primary N) is 1. The minimum Gasteiger partial charge on any atom is -0.396 e. The fraction of sp³-hybridized carbons (Fsp3) is 0.462. The van der Waals surface area contributed by atoms with Gasteiger partial charge in [-0.1, -0.05) is 19.1 Å². The SMILES string of the molecule is CCc1nc2ccccc2n1CC(N)CCO. The van der Waals surface area contributed by atoms with Crippen LogP contribution in [0.5, 0.6) is 0 Å². The molecule has 2 rings (SSSR count). The third kappa shape index (κ3) is 2.48. The van der Waals surface area contributed by atoms with Gasteiger partial charge in [0.05, 0.1) is 11.0 Å². The van der Waals surface area contributed by atoms with Crippen LogP contribution in [0.2, 0.25) is 0 Å². The Morgan fingerprint density at radius 2 is 2.18 bits per heavy atom. The van der Waals surface area contributed by atoms with E-state index in [1.54, 1.807) is 0 Å². The number of para-hydroxylation sites is 2. The lowest BCUT2D eigenvalue weighted by Gasteiger charge is -2.13. The molecule has 0 aliphatic carbocycles. The summed E-state index contributed by atoms with van der Waals surface area (Å²) in [5, 5.41) is 8.90. The molecule has 1 aromatic heterocycles. The fourth-order valence-electron chi connectivity index (χ4n) is 2.09. The van der Waals surface area contributed by atoms with E-state index in [2.05, 4.69) is 22.5 Å². The number of rotatable bonds is 5. The summed E-state index contributed by atoms with van der Waals surface area (Å²) in [5.41, 5.74) is 8.12. The molecule has 0 saturated carbocycles. The van der Waals surface area contributed by atoms with Gasteiger partial charge in [-0.15, -0.1) is 0 Å². The number of benzene rings is 1. The molecule has 1 heterocycles. The van der Waals surface area contributed by atoms with E-state index in [4.69, 9.17) is 10.8 Å². The molecule has 2 aromatic rings. The molecule has 4 nitrogen and oxygen atoms in total. The number of hydrogen-bond acceptors (Lipinski definition) is 3. The van der Waals surface area contributed by atoms with Crippen LogP contribution < -0.4 is 5.73 Å². The van der Waals surface area contributed by atoms with Gasteiger partial charge in [0.2, 0.25) is 0 Å². The van der Waals surface area contributed by atoms with E-state index in [-0.39, 0.29) is 12.6 Å². The molecular weight excluding hydrogens is 214 g/mol. The van der Waals surface area contributed by atoms with Crippen molar-refractivity contribution in [3.05, 3.63) is 30.1 Å². The predicted octanol–water partition coefficient (Wildman–Crippen LogP) is 1.31. The molecule has 0 spiro atoms. The lowest BCUT2D eigenvalue weighted by Crippen LogP contribution is -2.28. The van der Waals surface area contributed by atoms with Crippen LogP contribution in [0.1, 0.15) is 19.2 Å². The third-order valence-corrected chi connectivity index (χ3v) is 2.97. The van der Waals surface area contributed by atoms with Crippen LogP contribution in [0.3, 0.4) is 0 Å². The number of aliphatic hydroxyl groups is 1. The number of fused-ring (bicyclic) bond motifs is 1. The van der Waals surface area contributed by atoms with Crippen molar-refractivity contribution in [3.63, 3.8) is 0 Å². The Bertz CT molecular complexity index is 492. The van der Waals surface area contributed by atoms with Crippen molar-refractivity contribution in [1.29, 1.82) is 0 Å². The highest BCUT2D eigenvalue weighted by Crippen LogP contribution is 2.17. The lowest BCUT2D eigenvalue weighted by molar-refractivity contribution is 0.270. The molecule has 4 heteroatoms. The molecule has 0 aliphatic rings. The Morgan fingerprint density at radius 1 is 1.41 bits per heavy atom. The molecule has 3 N–H and O–H groups in total. The fourth-order valence-corrected chi connectivity index (χ4v) is 2.09. The third-order valence-electron chi connectivity index (χ3n) is 2.97. The molecule has 0 radical (unpaired) electrons. The summed E-state index contributed by atoms with van der Waals surface area (Å²) in [6.07, 6.45) is 1.51. The summed E-state index contributed by atoms with van der Waals surface area (Å²) in [4.78, 5) is 4.59. The molecule has 0 amide bonds. The van der Waals surface area contributed by atoms with Gasteiger partial charge in [-0.3, -0.25) is 0 Å². The Labute approximate surface area is 101 Å². The molecule has 0 saturated heterocycles. The lowest BCUT2D eigenvalue weighted by atomic mass is 10.2. The second-order valence-corrected chi connectivity index (χ2v) is 4.25. The summed E-state index contributed by atoms with van der Waals surface area (Å²) in [7, 11) is 0. The highest BCUT2D eigenvalue weighted by Gasteiger charge is 2.11. The van der Waals surface area contributed by atoms with E-state index in [1.165, 1.54) is 0 Å². The Hall–Kier alpha value is -1.39. The quantitative estimate of drug-likeness (QED) is 0.818. The second-order valence-electron chi connectivity index (χ2n) is 4.25. The van der Waals surface area contributed by atoms with Gasteiger partial charge >= 0.3 is 0 Å². The van der Waals surface area contributed by atoms with E-state index in [0.29, 0.717) is 13.0 Å². The minimum atomic E-state index is -0.0251. The predicted molar refractivity (Wildman–Crippen MR) is 68.8 cm³/mol. The van der Waals surface area contributed by atoms with Crippen molar-refractivity contribution in [2.24, 2.45) is 5.73 Å². The number of hydrogen-bond donors (Lipinski definition) is 2. The van der Waals surface area contributed by atoms with Crippen molar-refractivity contribution in [3.8, 4) is 0 Å². The van der Waals surface area contributed by atoms with Crippen LogP contribution in [0, 0.1) is 0 Å². The number of nitrogens with zero attached hydrogens (tertiary/aromatic N) is 2. The normalized spacial score (nSPS) is 13.1. The summed E-state index contributed by atoms with van der Waals surface area (Å²) in [6.45, 7) is 2.94. The summed E-state index contributed by atoms with van der Waals surface area (Å²) in [5.74, 6) is 1.06. The van der Waals surface area contributed by atoms with E-state index in [1.807, 2.05) is 18.2 Å². The van der Waals surface area contributed by atoms with Crippen molar-refractivity contribution < 1.29 is 5.11 Å². The zero-order valence-corrected chi connectivity index (χ0v) is 10.1. The number of aromatic nitrogens is 2. The largest absolute Gasteiger partial charge is 0.396 e. The van der Waals surface area contributed by atoms with Crippen LogP contribution in [-0.4, -0.2) is 27.3 Å². The first-order chi connectivity index (χ1) is 8.26. The molecule has 1 atom stereocenters. The van der Waals surface area contributed by atoms with E-state index >= 15 is 0 Å². The van der Waals surface area contributed by atoms with Crippen molar-refractivity contribution >= 4 is 11.0 Å². The van der Waals surface area contributed by atoms with Crippen molar-refractivity contribution in [2.45, 2.75) is 32.4 Å². The Morgan fingerprint density at radius 3 is 2.88 bits per heavy atom. The average molecular weight is 233 g/mol. The van der Waals surface area contributed by atoms with Crippen molar-refractivity contribution in [2.75, 3.05) is 6.61 Å². The van der Waals surface area contributed by atoms with Gasteiger partial charge in [0.15, 0.2) is 0 Å². The van der Waals surface area contributed by atoms with E-state index in [0.717, 1.165) is 23.3 Å². The first kappa shape index (κ1) is 12.1. The van der Waals surface area contributed by atoms with Crippen LogP contribution >= 0.6 is 0 Å². The van der Waals surface area contributed by atoms with Gasteiger partial charge in [-0.05, 0) is 18.6 Å². The molecule has 0 aliphatic heterocycles. The van der Waals surface area contributed by atoms with Gasteiger partial charge in [0.1, 0.15) is 5.82 Å². The first-order valence-corrected chi connectivity index (χ1v) is 6.06. The van der Waals surface area contributed by atoms with Crippen LogP contribution in [-0.2, 0) is 13.0 Å². The Kier molecular flexibility index (Phi) is 3.76. The van der Waals surface area contributed by atoms with Crippen LogP contribution in [0.25, 0.3) is 11.0 Å². The number of aliphatic hydroxyl groups excluding tert-OH is 1. The maximum atomic E-state index is 8.90. The number of aryl methyl sites for hydroxylation is 1. The van der Waals surface area contributed by atoms with Gasteiger partial charge in [0.25, 0.3) is 0 Å². The van der Waals surface area contributed by atoms with Crippen LogP contribution in [0.4, 0.5) is 0 Å². The summed E-state index contributed by atoms with van der Waals surface area (Å²) >= 11 is 0. The zero-order chi connectivity index (χ0) is 12.3. The van der Waals surface area contributed by atoms with Crippen molar-refractivity contribution in [1.82, 2.24) is 9.55 Å². The smallest absolute Gasteiger partial charge is 0.109 e. The van der Waals surface area contributed by atoms with Gasteiger partial charge in [-0.25, -0.2) is 4.98 Å². The zero-order valence-electron chi connectivity index (χ0n) is 10.1. The first-order valence-electron chi connectivity index (χ1n) is 6.06. The molecule has 1 unspecified atom stereocenters. The van der Waals surface area contributed by atoms with Gasteiger partial charge in [0, 0.05) is 25.6 Å². The Balaban J connectivity index is 2.36. The monoisotopic (exact) mass is 233 g/mol. The highest BCUT2D eigenvalue weighted by atomic mass is 16.3. The summed E-state index contributed by atoms with van der Waals surface area (Å²) < 4.78 is 2.16. The van der Waals surface area contributed by atoms with Gasteiger partial charge < -0.3 is 15.4 Å². The second kappa shape index (κ2) is 5.29. The molecule has 17 heavy (non-hydrogen) atoms. The molecular formula is C13H19N3O. The molecule has 0 bridgehead atoms. The maximum Gasteiger partial charge on any atom is 0.109 e. The van der Waals surface area contributed by atoms with Crippen LogP contribution in [0.15, 0.2) is 24.3 Å². The van der Waals surface area contributed by atoms with E-state index < -0.39 is 0 Å². The molecule has 1 aromatic carbocycles. The minimum absolute atomic E-state index is 0.0251. The van der Waals surface area contributed by atoms with Gasteiger partial charge in [-0.2, -0.15) is 0 Å². The topological polar surface area (TPSA) is 64.1 Å². The highest BCUT2D eigenvalue weighted by molar-refractivity contribution is 5.75.